The van der Waals surface area contributed by atoms with Crippen LogP contribution in [0.3, 0.4) is 0 Å². The molecule has 1 heterocycles. The Kier molecular flexibility index (Phi) is 2.84. The van der Waals surface area contributed by atoms with E-state index in [1.165, 1.54) is 6.92 Å². The zero-order valence-electron chi connectivity index (χ0n) is 6.87. The number of carbonyl (C=O) groups is 1. The molecule has 0 aliphatic carbocycles. The second-order valence-corrected chi connectivity index (χ2v) is 2.67. The Morgan fingerprint density at radius 3 is 3.00 bits per heavy atom. The first kappa shape index (κ1) is 8.49. The highest BCUT2D eigenvalue weighted by molar-refractivity contribution is 5.66. The van der Waals surface area contributed by atoms with Gasteiger partial charge in [0.2, 0.25) is 6.29 Å². The third-order valence-electron chi connectivity index (χ3n) is 1.53. The largest absolute Gasteiger partial charge is 0.435 e. The molecule has 64 valence electrons. The number of morpholine rings is 1. The molecule has 4 nitrogen and oxygen atoms in total. The number of carbonyl (C=O) groups excluding carboxylic acids is 1. The van der Waals surface area contributed by atoms with Gasteiger partial charge in [-0.1, -0.05) is 0 Å². The van der Waals surface area contributed by atoms with Gasteiger partial charge >= 0.3 is 5.97 Å². The average Bonchev–Trinajstić information content (AvgIpc) is 1.85. The second-order valence-electron chi connectivity index (χ2n) is 2.67. The number of hydrogen-bond donors (Lipinski definition) is 0. The van der Waals surface area contributed by atoms with Gasteiger partial charge in [0, 0.05) is 13.5 Å². The van der Waals surface area contributed by atoms with Crippen LogP contribution in [0.2, 0.25) is 0 Å². The molecule has 0 aromatic carbocycles. The minimum atomic E-state index is -0.369. The van der Waals surface area contributed by atoms with Crippen molar-refractivity contribution in [3.63, 3.8) is 0 Å². The molecule has 1 rings (SSSR count). The lowest BCUT2D eigenvalue weighted by Gasteiger charge is -2.28. The smallest absolute Gasteiger partial charge is 0.304 e. The zero-order chi connectivity index (χ0) is 8.27. The van der Waals surface area contributed by atoms with Crippen molar-refractivity contribution < 1.29 is 14.3 Å². The van der Waals surface area contributed by atoms with Crippen LogP contribution in [0.5, 0.6) is 0 Å². The predicted octanol–water partition coefficient (Wildman–Crippen LogP) is -0.162. The summed E-state index contributed by atoms with van der Waals surface area (Å²) >= 11 is 0. The van der Waals surface area contributed by atoms with Gasteiger partial charge in [0.05, 0.1) is 13.2 Å². The van der Waals surface area contributed by atoms with Crippen LogP contribution in [0, 0.1) is 0 Å². The van der Waals surface area contributed by atoms with Crippen molar-refractivity contribution in [1.82, 2.24) is 4.90 Å². The van der Waals surface area contributed by atoms with Gasteiger partial charge in [-0.05, 0) is 7.05 Å². The Balaban J connectivity index is 2.28. The SMILES string of the molecule is CC(=O)OC1CN(C)CCO1. The van der Waals surface area contributed by atoms with E-state index in [9.17, 15) is 4.79 Å². The molecule has 11 heavy (non-hydrogen) atoms. The molecule has 0 N–H and O–H groups in total. The predicted molar refractivity (Wildman–Crippen MR) is 39.0 cm³/mol. The summed E-state index contributed by atoms with van der Waals surface area (Å²) in [5.74, 6) is -0.287. The lowest BCUT2D eigenvalue weighted by Crippen LogP contribution is -2.41. The number of hydrogen-bond acceptors (Lipinski definition) is 4. The van der Waals surface area contributed by atoms with Crippen LogP contribution in [0.4, 0.5) is 0 Å². The Labute approximate surface area is 66.1 Å². The van der Waals surface area contributed by atoms with Crippen LogP contribution in [-0.4, -0.2) is 43.9 Å². The first-order valence-corrected chi connectivity index (χ1v) is 3.66. The van der Waals surface area contributed by atoms with Crippen LogP contribution in [-0.2, 0) is 14.3 Å². The van der Waals surface area contributed by atoms with Crippen LogP contribution < -0.4 is 0 Å². The molecule has 1 atom stereocenters. The molecule has 1 aliphatic heterocycles. The van der Waals surface area contributed by atoms with Gasteiger partial charge < -0.3 is 9.47 Å². The minimum absolute atomic E-state index is 0.287. The number of likely N-dealkylation sites (N-methyl/N-ethyl adjacent to an activating group) is 1. The molecule has 0 aromatic rings. The molecular formula is C7H13NO3. The van der Waals surface area contributed by atoms with E-state index in [0.717, 1.165) is 6.54 Å². The van der Waals surface area contributed by atoms with Gasteiger partial charge in [-0.2, -0.15) is 0 Å². The monoisotopic (exact) mass is 159 g/mol. The molecule has 0 amide bonds. The summed E-state index contributed by atoms with van der Waals surface area (Å²) in [5.41, 5.74) is 0. The molecule has 0 spiro atoms. The van der Waals surface area contributed by atoms with Crippen LogP contribution >= 0.6 is 0 Å². The molecule has 1 fully saturated rings. The fourth-order valence-corrected chi connectivity index (χ4v) is 0.995. The van der Waals surface area contributed by atoms with Crippen molar-refractivity contribution in [1.29, 1.82) is 0 Å². The Bertz CT molecular complexity index is 149. The Hall–Kier alpha value is -0.610. The van der Waals surface area contributed by atoms with Crippen molar-refractivity contribution in [2.24, 2.45) is 0 Å². The lowest BCUT2D eigenvalue weighted by atomic mass is 10.4. The third-order valence-corrected chi connectivity index (χ3v) is 1.53. The molecule has 0 saturated carbocycles. The van der Waals surface area contributed by atoms with E-state index >= 15 is 0 Å². The average molecular weight is 159 g/mol. The Morgan fingerprint density at radius 2 is 2.45 bits per heavy atom. The fraction of sp³-hybridized carbons (Fsp3) is 0.857. The number of esters is 1. The van der Waals surface area contributed by atoms with E-state index in [0.29, 0.717) is 13.2 Å². The van der Waals surface area contributed by atoms with Crippen molar-refractivity contribution in [3.8, 4) is 0 Å². The van der Waals surface area contributed by atoms with E-state index in [4.69, 9.17) is 9.47 Å². The normalized spacial score (nSPS) is 26.5. The highest BCUT2D eigenvalue weighted by Crippen LogP contribution is 2.03. The van der Waals surface area contributed by atoms with E-state index < -0.39 is 0 Å². The summed E-state index contributed by atoms with van der Waals surface area (Å²) in [6.07, 6.45) is -0.369. The molecule has 1 aliphatic rings. The van der Waals surface area contributed by atoms with Crippen LogP contribution in [0.1, 0.15) is 6.92 Å². The molecule has 1 unspecified atom stereocenters. The number of rotatable bonds is 1. The van der Waals surface area contributed by atoms with Crippen molar-refractivity contribution >= 4 is 5.97 Å². The number of ether oxygens (including phenoxy) is 2. The quantitative estimate of drug-likeness (QED) is 0.498. The highest BCUT2D eigenvalue weighted by atomic mass is 16.7. The maximum absolute atomic E-state index is 10.5. The van der Waals surface area contributed by atoms with Gasteiger partial charge in [0.15, 0.2) is 0 Å². The van der Waals surface area contributed by atoms with E-state index in [1.54, 1.807) is 0 Å². The molecular weight excluding hydrogens is 146 g/mol. The molecule has 4 heteroatoms. The maximum atomic E-state index is 10.5. The number of nitrogens with zero attached hydrogens (tertiary/aromatic N) is 1. The Morgan fingerprint density at radius 1 is 1.73 bits per heavy atom. The van der Waals surface area contributed by atoms with Gasteiger partial charge in [0.1, 0.15) is 0 Å². The van der Waals surface area contributed by atoms with Crippen LogP contribution in [0.15, 0.2) is 0 Å². The second kappa shape index (κ2) is 3.69. The first-order chi connectivity index (χ1) is 5.18. The van der Waals surface area contributed by atoms with Crippen LogP contribution in [0.25, 0.3) is 0 Å². The van der Waals surface area contributed by atoms with E-state index in [-0.39, 0.29) is 12.3 Å². The standard InChI is InChI=1S/C7H13NO3/c1-6(9)11-7-5-8(2)3-4-10-7/h7H,3-5H2,1-2H3. The third kappa shape index (κ3) is 2.86. The lowest BCUT2D eigenvalue weighted by molar-refractivity contribution is -0.190. The summed E-state index contributed by atoms with van der Waals surface area (Å²) in [4.78, 5) is 12.6. The van der Waals surface area contributed by atoms with Gasteiger partial charge in [-0.15, -0.1) is 0 Å². The zero-order valence-corrected chi connectivity index (χ0v) is 6.87. The first-order valence-electron chi connectivity index (χ1n) is 3.66. The molecule has 0 aromatic heterocycles. The summed E-state index contributed by atoms with van der Waals surface area (Å²) in [5, 5.41) is 0. The van der Waals surface area contributed by atoms with E-state index in [2.05, 4.69) is 4.90 Å². The van der Waals surface area contributed by atoms with Crippen molar-refractivity contribution in [3.05, 3.63) is 0 Å². The van der Waals surface area contributed by atoms with Gasteiger partial charge in [-0.25, -0.2) is 0 Å². The van der Waals surface area contributed by atoms with Gasteiger partial charge in [0.25, 0.3) is 0 Å². The highest BCUT2D eigenvalue weighted by Gasteiger charge is 2.19. The van der Waals surface area contributed by atoms with Crippen molar-refractivity contribution in [2.45, 2.75) is 13.2 Å². The van der Waals surface area contributed by atoms with Gasteiger partial charge in [-0.3, -0.25) is 9.69 Å². The summed E-state index contributed by atoms with van der Waals surface area (Å²) in [7, 11) is 1.97. The summed E-state index contributed by atoms with van der Waals surface area (Å²) in [6.45, 7) is 3.59. The molecule has 0 bridgehead atoms. The summed E-state index contributed by atoms with van der Waals surface area (Å²) in [6, 6.07) is 0. The topological polar surface area (TPSA) is 38.8 Å². The summed E-state index contributed by atoms with van der Waals surface area (Å²) < 4.78 is 10.0. The van der Waals surface area contributed by atoms with E-state index in [1.807, 2.05) is 7.05 Å². The fourth-order valence-electron chi connectivity index (χ4n) is 0.995. The maximum Gasteiger partial charge on any atom is 0.304 e. The molecule has 0 radical (unpaired) electrons. The molecule has 1 saturated heterocycles. The minimum Gasteiger partial charge on any atom is -0.435 e. The van der Waals surface area contributed by atoms with Crippen molar-refractivity contribution in [2.75, 3.05) is 26.7 Å².